The molecule has 2 unspecified atom stereocenters. The second-order valence-electron chi connectivity index (χ2n) is 7.77. The highest BCUT2D eigenvalue weighted by Gasteiger charge is 2.28. The van der Waals surface area contributed by atoms with Gasteiger partial charge in [-0.2, -0.15) is 0 Å². The van der Waals surface area contributed by atoms with Gasteiger partial charge in [-0.3, -0.25) is 0 Å². The van der Waals surface area contributed by atoms with Gasteiger partial charge in [-0.25, -0.2) is 0 Å². The summed E-state index contributed by atoms with van der Waals surface area (Å²) in [4.78, 5) is 0. The lowest BCUT2D eigenvalue weighted by Crippen LogP contribution is -2.21. The van der Waals surface area contributed by atoms with Crippen molar-refractivity contribution in [3.05, 3.63) is 29.8 Å². The van der Waals surface area contributed by atoms with Crippen LogP contribution in [-0.4, -0.2) is 52.9 Å². The van der Waals surface area contributed by atoms with E-state index in [2.05, 4.69) is 0 Å². The fourth-order valence-electron chi connectivity index (χ4n) is 2.41. The van der Waals surface area contributed by atoms with E-state index in [1.165, 1.54) is 0 Å². The minimum atomic E-state index is -2.91. The summed E-state index contributed by atoms with van der Waals surface area (Å²) >= 11 is 5.60. The molecule has 0 aromatic heterocycles. The van der Waals surface area contributed by atoms with Gasteiger partial charge in [0.15, 0.2) is 6.29 Å². The highest BCUT2D eigenvalue weighted by molar-refractivity contribution is 8.07. The van der Waals surface area contributed by atoms with Gasteiger partial charge in [-0.05, 0) is 51.6 Å². The Balaban J connectivity index is 2.55. The van der Waals surface area contributed by atoms with Crippen LogP contribution in [0.5, 0.6) is 5.75 Å². The van der Waals surface area contributed by atoms with Gasteiger partial charge in [0, 0.05) is 32.3 Å². The molecule has 30 heavy (non-hydrogen) atoms. The topological polar surface area (TPSA) is 64.6 Å². The number of ether oxygens (including phenoxy) is 4. The molecule has 0 N–H and O–H groups in total. The molecule has 7 nitrogen and oxygen atoms in total. The third kappa shape index (κ3) is 11.2. The van der Waals surface area contributed by atoms with Gasteiger partial charge in [0.25, 0.3) is 0 Å². The van der Waals surface area contributed by atoms with Crippen molar-refractivity contribution < 1.29 is 32.5 Å². The first-order valence-electron chi connectivity index (χ1n) is 10.1. The van der Waals surface area contributed by atoms with E-state index in [4.69, 9.17) is 44.3 Å². The molecule has 0 fully saturated rings. The number of rotatable bonds is 15. The lowest BCUT2D eigenvalue weighted by molar-refractivity contribution is -0.106. The average Bonchev–Trinajstić information content (AvgIpc) is 2.69. The summed E-state index contributed by atoms with van der Waals surface area (Å²) in [7, 11) is 3.19. The zero-order chi connectivity index (χ0) is 22.6. The summed E-state index contributed by atoms with van der Waals surface area (Å²) in [5.74, 6) is 0.904. The quantitative estimate of drug-likeness (QED) is 0.202. The van der Waals surface area contributed by atoms with Crippen LogP contribution in [0.15, 0.2) is 24.3 Å². The summed E-state index contributed by atoms with van der Waals surface area (Å²) in [6, 6.07) is 7.50. The number of methoxy groups -OCH3 is 2. The molecule has 1 aromatic carbocycles. The Bertz CT molecular complexity index is 629. The molecule has 0 bridgehead atoms. The molecule has 9 heteroatoms. The molecule has 2 atom stereocenters. The van der Waals surface area contributed by atoms with E-state index < -0.39 is 18.6 Å². The molecule has 0 aliphatic carbocycles. The lowest BCUT2D eigenvalue weighted by Gasteiger charge is -2.30. The zero-order valence-electron chi connectivity index (χ0n) is 19.2. The van der Waals surface area contributed by atoms with Gasteiger partial charge in [0.1, 0.15) is 12.4 Å². The van der Waals surface area contributed by atoms with Crippen LogP contribution < -0.4 is 4.74 Å². The van der Waals surface area contributed by atoms with Crippen molar-refractivity contribution in [2.75, 3.05) is 47.3 Å². The molecule has 174 valence electrons. The van der Waals surface area contributed by atoms with Crippen molar-refractivity contribution >= 4 is 18.5 Å². The Morgan fingerprint density at radius 2 is 1.60 bits per heavy atom. The highest BCUT2D eigenvalue weighted by Crippen LogP contribution is 2.53. The fourth-order valence-corrected chi connectivity index (χ4v) is 5.07. The minimum absolute atomic E-state index is 0.192. The SMILES string of the molecule is CCOCC(C)COP(=S)(OCCOc1ccc(C(OC)OC)cc1)OC(C)(C)C. The minimum Gasteiger partial charge on any atom is -0.491 e. The van der Waals surface area contributed by atoms with Crippen LogP contribution in [-0.2, 0) is 39.6 Å². The van der Waals surface area contributed by atoms with E-state index in [1.54, 1.807) is 14.2 Å². The molecule has 1 rings (SSSR count). The predicted octanol–water partition coefficient (Wildman–Crippen LogP) is 5.10. The van der Waals surface area contributed by atoms with Crippen molar-refractivity contribution in [3.63, 3.8) is 0 Å². The van der Waals surface area contributed by atoms with Crippen molar-refractivity contribution in [2.45, 2.75) is 46.5 Å². The lowest BCUT2D eigenvalue weighted by atomic mass is 10.2. The van der Waals surface area contributed by atoms with Crippen LogP contribution in [0.3, 0.4) is 0 Å². The van der Waals surface area contributed by atoms with Crippen molar-refractivity contribution in [1.82, 2.24) is 0 Å². The van der Waals surface area contributed by atoms with Crippen molar-refractivity contribution in [2.24, 2.45) is 5.92 Å². The Labute approximate surface area is 186 Å². The zero-order valence-corrected chi connectivity index (χ0v) is 20.9. The number of hydrogen-bond acceptors (Lipinski definition) is 8. The van der Waals surface area contributed by atoms with Gasteiger partial charge >= 0.3 is 6.72 Å². The maximum Gasteiger partial charge on any atom is 0.327 e. The normalized spacial score (nSPS) is 15.2. The van der Waals surface area contributed by atoms with Crippen molar-refractivity contribution in [3.8, 4) is 5.75 Å². The predicted molar refractivity (Wildman–Crippen MR) is 121 cm³/mol. The Kier molecular flexibility index (Phi) is 12.6. The second-order valence-corrected chi connectivity index (χ2v) is 10.7. The molecule has 0 amide bonds. The fraction of sp³-hybridized carbons (Fsp3) is 0.714. The van der Waals surface area contributed by atoms with Gasteiger partial charge in [0.05, 0.1) is 25.4 Å². The van der Waals surface area contributed by atoms with Gasteiger partial charge < -0.3 is 32.5 Å². The number of hydrogen-bond donors (Lipinski definition) is 0. The second kappa shape index (κ2) is 13.8. The van der Waals surface area contributed by atoms with Crippen LogP contribution in [0.1, 0.15) is 46.5 Å². The maximum absolute atomic E-state index is 5.96. The van der Waals surface area contributed by atoms with Gasteiger partial charge in [-0.15, -0.1) is 0 Å². The third-order valence-corrected chi connectivity index (χ3v) is 6.28. The largest absolute Gasteiger partial charge is 0.491 e. The van der Waals surface area contributed by atoms with E-state index >= 15 is 0 Å². The van der Waals surface area contributed by atoms with Crippen LogP contribution in [0.25, 0.3) is 0 Å². The first-order valence-corrected chi connectivity index (χ1v) is 12.6. The molecule has 0 spiro atoms. The Morgan fingerprint density at radius 3 is 2.13 bits per heavy atom. The Hall–Kier alpha value is -0.570. The molecule has 0 radical (unpaired) electrons. The van der Waals surface area contributed by atoms with Crippen LogP contribution in [0.2, 0.25) is 0 Å². The molecular formula is C21H37O7PS. The van der Waals surface area contributed by atoms with Crippen LogP contribution >= 0.6 is 6.72 Å². The smallest absolute Gasteiger partial charge is 0.327 e. The Morgan fingerprint density at radius 1 is 0.967 bits per heavy atom. The third-order valence-electron chi connectivity index (χ3n) is 3.69. The van der Waals surface area contributed by atoms with E-state index in [9.17, 15) is 0 Å². The van der Waals surface area contributed by atoms with E-state index in [-0.39, 0.29) is 12.5 Å². The van der Waals surface area contributed by atoms with E-state index in [0.29, 0.717) is 32.2 Å². The molecule has 0 heterocycles. The van der Waals surface area contributed by atoms with Crippen molar-refractivity contribution in [1.29, 1.82) is 0 Å². The highest BCUT2D eigenvalue weighted by atomic mass is 32.5. The molecule has 0 aliphatic heterocycles. The van der Waals surface area contributed by atoms with Gasteiger partial charge in [0.2, 0.25) is 0 Å². The number of benzene rings is 1. The van der Waals surface area contributed by atoms with Crippen LogP contribution in [0.4, 0.5) is 0 Å². The van der Waals surface area contributed by atoms with Crippen LogP contribution in [0, 0.1) is 5.92 Å². The summed E-state index contributed by atoms with van der Waals surface area (Å²) in [6.45, 7) is 9.13. The molecule has 0 saturated heterocycles. The molecule has 0 aliphatic rings. The van der Waals surface area contributed by atoms with Gasteiger partial charge in [-0.1, -0.05) is 19.1 Å². The summed E-state index contributed by atoms with van der Waals surface area (Å²) in [5, 5.41) is 0. The molecule has 1 aromatic rings. The standard InChI is InChI=1S/C21H37O7PS/c1-8-24-15-17(2)16-27-29(30,28-21(3,4)5)26-14-13-25-19-11-9-18(10-12-19)20(22-6)23-7/h9-12,17,20H,8,13-16H2,1-7H3. The first-order chi connectivity index (χ1) is 14.1. The summed E-state index contributed by atoms with van der Waals surface area (Å²) in [6.07, 6.45) is -0.398. The maximum atomic E-state index is 5.96. The van der Waals surface area contributed by atoms with E-state index in [1.807, 2.05) is 58.9 Å². The molecule has 0 saturated carbocycles. The average molecular weight is 465 g/mol. The van der Waals surface area contributed by atoms with E-state index in [0.717, 1.165) is 5.56 Å². The first kappa shape index (κ1) is 27.5. The summed E-state index contributed by atoms with van der Waals surface area (Å²) < 4.78 is 39.4. The molecular weight excluding hydrogens is 427 g/mol. The monoisotopic (exact) mass is 464 g/mol. The summed E-state index contributed by atoms with van der Waals surface area (Å²) in [5.41, 5.74) is 0.432.